The monoisotopic (exact) mass is 390 g/mol. The van der Waals surface area contributed by atoms with Crippen LogP contribution in [0.15, 0.2) is 70.3 Å². The highest BCUT2D eigenvalue weighted by atomic mass is 35.5. The van der Waals surface area contributed by atoms with Gasteiger partial charge >= 0.3 is 5.69 Å². The Hall–Kier alpha value is -3.29. The summed E-state index contributed by atoms with van der Waals surface area (Å²) in [7, 11) is 1.64. The Labute approximate surface area is 168 Å². The van der Waals surface area contributed by atoms with Crippen LogP contribution in [0.5, 0.6) is 0 Å². The molecule has 0 atom stereocenters. The molecule has 0 radical (unpaired) electrons. The molecule has 5 heteroatoms. The van der Waals surface area contributed by atoms with Crippen molar-refractivity contribution < 1.29 is 0 Å². The van der Waals surface area contributed by atoms with Crippen LogP contribution in [0, 0.1) is 18.8 Å². The van der Waals surface area contributed by atoms with E-state index < -0.39 is 5.69 Å². The zero-order valence-corrected chi connectivity index (χ0v) is 16.7. The molecule has 3 rings (SSSR count). The van der Waals surface area contributed by atoms with Crippen molar-refractivity contribution in [3.63, 3.8) is 0 Å². The van der Waals surface area contributed by atoms with Gasteiger partial charge in [0.15, 0.2) is 0 Å². The lowest BCUT2D eigenvalue weighted by atomic mass is 10.1. The maximum atomic E-state index is 13.1. The number of fused-ring (bicyclic) bond motifs is 1. The molecule has 0 bridgehead atoms. The Morgan fingerprint density at radius 3 is 2.64 bits per heavy atom. The SMILES string of the molecule is C=C/C=C(\C)C#Cc1ccc(-n2c(=O)c3c(C)cccc3n(C)c2=O)c(Cl)c1. The molecule has 0 spiro atoms. The van der Waals surface area contributed by atoms with Gasteiger partial charge in [-0.15, -0.1) is 0 Å². The Balaban J connectivity index is 2.23. The van der Waals surface area contributed by atoms with Crippen LogP contribution in [-0.2, 0) is 7.05 Å². The summed E-state index contributed by atoms with van der Waals surface area (Å²) in [4.78, 5) is 26.0. The van der Waals surface area contributed by atoms with Crippen molar-refractivity contribution in [2.45, 2.75) is 13.8 Å². The largest absolute Gasteiger partial charge is 0.335 e. The summed E-state index contributed by atoms with van der Waals surface area (Å²) in [5.41, 5.74) is 2.44. The molecule has 0 N–H and O–H groups in total. The maximum absolute atomic E-state index is 13.1. The number of hydrogen-bond donors (Lipinski definition) is 0. The van der Waals surface area contributed by atoms with Crippen molar-refractivity contribution in [1.82, 2.24) is 9.13 Å². The van der Waals surface area contributed by atoms with Gasteiger partial charge in [0.1, 0.15) is 0 Å². The van der Waals surface area contributed by atoms with E-state index in [-0.39, 0.29) is 10.6 Å². The number of aromatic nitrogens is 2. The van der Waals surface area contributed by atoms with Gasteiger partial charge in [-0.05, 0) is 49.2 Å². The molecule has 140 valence electrons. The lowest BCUT2D eigenvalue weighted by Gasteiger charge is -2.13. The van der Waals surface area contributed by atoms with Crippen molar-refractivity contribution in [3.8, 4) is 17.5 Å². The summed E-state index contributed by atoms with van der Waals surface area (Å²) in [6.45, 7) is 7.36. The third kappa shape index (κ3) is 3.45. The van der Waals surface area contributed by atoms with Gasteiger partial charge in [0.25, 0.3) is 5.56 Å². The first-order valence-corrected chi connectivity index (χ1v) is 9.05. The van der Waals surface area contributed by atoms with E-state index in [4.69, 9.17) is 11.6 Å². The average molecular weight is 391 g/mol. The van der Waals surface area contributed by atoms with E-state index >= 15 is 0 Å². The van der Waals surface area contributed by atoms with Crippen molar-refractivity contribution in [3.05, 3.63) is 97.7 Å². The Morgan fingerprint density at radius 2 is 1.96 bits per heavy atom. The van der Waals surface area contributed by atoms with Crippen molar-refractivity contribution in [1.29, 1.82) is 0 Å². The number of halogens is 1. The van der Waals surface area contributed by atoms with Gasteiger partial charge in [-0.25, -0.2) is 9.36 Å². The molecular formula is C23H19ClN2O2. The molecule has 4 nitrogen and oxygen atoms in total. The van der Waals surface area contributed by atoms with E-state index in [0.717, 1.165) is 15.7 Å². The molecule has 28 heavy (non-hydrogen) atoms. The number of hydrogen-bond acceptors (Lipinski definition) is 2. The molecule has 0 saturated heterocycles. The quantitative estimate of drug-likeness (QED) is 0.487. The number of allylic oxidation sites excluding steroid dienone is 3. The minimum absolute atomic E-state index is 0.282. The summed E-state index contributed by atoms with van der Waals surface area (Å²) in [6.07, 6.45) is 3.48. The molecule has 0 aliphatic carbocycles. The van der Waals surface area contributed by atoms with Crippen molar-refractivity contribution >= 4 is 22.5 Å². The van der Waals surface area contributed by atoms with E-state index in [2.05, 4.69) is 18.4 Å². The van der Waals surface area contributed by atoms with Crippen molar-refractivity contribution in [2.75, 3.05) is 0 Å². The second kappa shape index (κ2) is 7.75. The van der Waals surface area contributed by atoms with Crippen LogP contribution < -0.4 is 11.2 Å². The Bertz CT molecular complexity index is 1310. The molecule has 0 saturated carbocycles. The number of rotatable bonds is 2. The number of aryl methyl sites for hydroxylation is 2. The van der Waals surface area contributed by atoms with Crippen LogP contribution in [0.25, 0.3) is 16.6 Å². The second-order valence-corrected chi connectivity index (χ2v) is 6.86. The van der Waals surface area contributed by atoms with Gasteiger partial charge in [-0.3, -0.25) is 9.36 Å². The molecule has 0 unspecified atom stereocenters. The minimum atomic E-state index is -0.450. The standard InChI is InChI=1S/C23H19ClN2O2/c1-5-7-15(2)10-11-17-12-13-19(18(24)14-17)26-22(27)21-16(3)8-6-9-20(21)25(4)23(26)28/h5-9,12-14H,1H2,2-4H3/b15-7+. The van der Waals surface area contributed by atoms with E-state index in [0.29, 0.717) is 22.2 Å². The first-order valence-electron chi connectivity index (χ1n) is 8.67. The van der Waals surface area contributed by atoms with Crippen LogP contribution in [0.2, 0.25) is 5.02 Å². The van der Waals surface area contributed by atoms with Gasteiger partial charge in [0, 0.05) is 12.6 Å². The fourth-order valence-electron chi connectivity index (χ4n) is 3.03. The van der Waals surface area contributed by atoms with Crippen LogP contribution in [-0.4, -0.2) is 9.13 Å². The first kappa shape index (κ1) is 19.5. The summed E-state index contributed by atoms with van der Waals surface area (Å²) >= 11 is 6.42. The molecular weight excluding hydrogens is 372 g/mol. The van der Waals surface area contributed by atoms with Crippen LogP contribution in [0.4, 0.5) is 0 Å². The normalized spacial score (nSPS) is 11.2. The lowest BCUT2D eigenvalue weighted by molar-refractivity contribution is 0.773. The molecule has 2 aromatic carbocycles. The number of benzene rings is 2. The zero-order chi connectivity index (χ0) is 20.4. The Morgan fingerprint density at radius 1 is 1.21 bits per heavy atom. The highest BCUT2D eigenvalue weighted by molar-refractivity contribution is 6.32. The summed E-state index contributed by atoms with van der Waals surface area (Å²) in [5.74, 6) is 6.00. The second-order valence-electron chi connectivity index (χ2n) is 6.45. The van der Waals surface area contributed by atoms with Gasteiger partial charge in [0.2, 0.25) is 0 Å². The predicted molar refractivity (Wildman–Crippen MR) is 115 cm³/mol. The van der Waals surface area contributed by atoms with Gasteiger partial charge < -0.3 is 0 Å². The predicted octanol–water partition coefficient (Wildman–Crippen LogP) is 4.14. The molecule has 0 aliphatic heterocycles. The topological polar surface area (TPSA) is 44.0 Å². The average Bonchev–Trinajstić information content (AvgIpc) is 2.66. The smallest absolute Gasteiger partial charge is 0.296 e. The Kier molecular flexibility index (Phi) is 5.39. The molecule has 1 aromatic heterocycles. The van der Waals surface area contributed by atoms with E-state index in [1.165, 1.54) is 4.57 Å². The van der Waals surface area contributed by atoms with E-state index in [1.54, 1.807) is 37.4 Å². The van der Waals surface area contributed by atoms with E-state index in [1.807, 2.05) is 32.1 Å². The van der Waals surface area contributed by atoms with Gasteiger partial charge in [-0.1, -0.05) is 54.3 Å². The molecule has 0 amide bonds. The molecule has 3 aromatic rings. The van der Waals surface area contributed by atoms with Gasteiger partial charge in [-0.2, -0.15) is 0 Å². The molecule has 0 aliphatic rings. The van der Waals surface area contributed by atoms with Gasteiger partial charge in [0.05, 0.1) is 21.6 Å². The van der Waals surface area contributed by atoms with Crippen LogP contribution >= 0.6 is 11.6 Å². The highest BCUT2D eigenvalue weighted by Gasteiger charge is 2.16. The lowest BCUT2D eigenvalue weighted by Crippen LogP contribution is -2.38. The third-order valence-corrected chi connectivity index (χ3v) is 4.77. The summed E-state index contributed by atoms with van der Waals surface area (Å²) in [5, 5.41) is 0.777. The summed E-state index contributed by atoms with van der Waals surface area (Å²) < 4.78 is 2.56. The highest BCUT2D eigenvalue weighted by Crippen LogP contribution is 2.21. The first-order chi connectivity index (χ1) is 13.3. The number of nitrogens with zero attached hydrogens (tertiary/aromatic N) is 2. The zero-order valence-electron chi connectivity index (χ0n) is 15.9. The maximum Gasteiger partial charge on any atom is 0.335 e. The van der Waals surface area contributed by atoms with E-state index in [9.17, 15) is 9.59 Å². The van der Waals surface area contributed by atoms with Crippen LogP contribution in [0.1, 0.15) is 18.1 Å². The fourth-order valence-corrected chi connectivity index (χ4v) is 3.29. The minimum Gasteiger partial charge on any atom is -0.296 e. The fraction of sp³-hybridized carbons (Fsp3) is 0.130. The summed E-state index contributed by atoms with van der Waals surface area (Å²) in [6, 6.07) is 10.5. The molecule has 1 heterocycles. The molecule has 0 fully saturated rings. The van der Waals surface area contributed by atoms with Crippen LogP contribution in [0.3, 0.4) is 0 Å². The third-order valence-electron chi connectivity index (χ3n) is 4.47. The van der Waals surface area contributed by atoms with Crippen molar-refractivity contribution in [2.24, 2.45) is 7.05 Å².